The van der Waals surface area contributed by atoms with Crippen molar-refractivity contribution in [1.82, 2.24) is 4.90 Å². The third-order valence-electron chi connectivity index (χ3n) is 3.24. The topological polar surface area (TPSA) is 61.4 Å². The lowest BCUT2D eigenvalue weighted by Gasteiger charge is -2.19. The van der Waals surface area contributed by atoms with E-state index >= 15 is 0 Å². The van der Waals surface area contributed by atoms with E-state index in [-0.39, 0.29) is 18.1 Å². The maximum Gasteiger partial charge on any atom is 0.321 e. The summed E-state index contributed by atoms with van der Waals surface area (Å²) in [7, 11) is 1.58. The number of hydrogen-bond acceptors (Lipinski definition) is 2. The second-order valence-electron chi connectivity index (χ2n) is 5.25. The average Bonchev–Trinajstić information content (AvgIpc) is 2.52. The van der Waals surface area contributed by atoms with E-state index in [1.165, 1.54) is 30.0 Å². The number of carbonyl (C=O) groups is 2. The van der Waals surface area contributed by atoms with Crippen LogP contribution in [0.1, 0.15) is 12.5 Å². The quantitative estimate of drug-likeness (QED) is 0.872. The summed E-state index contributed by atoms with van der Waals surface area (Å²) in [6.07, 6.45) is 0. The highest BCUT2D eigenvalue weighted by Crippen LogP contribution is 2.21. The predicted octanol–water partition coefficient (Wildman–Crippen LogP) is 4.10. The zero-order valence-corrected chi connectivity index (χ0v) is 14.0. The molecule has 0 saturated heterocycles. The van der Waals surface area contributed by atoms with Crippen molar-refractivity contribution >= 4 is 34.9 Å². The second kappa shape index (κ2) is 7.79. The van der Waals surface area contributed by atoms with Gasteiger partial charge in [0, 0.05) is 31.2 Å². The molecule has 0 spiro atoms. The normalized spacial score (nSPS) is 10.2. The van der Waals surface area contributed by atoms with E-state index in [2.05, 4.69) is 10.6 Å². The molecule has 2 N–H and O–H groups in total. The molecule has 0 aliphatic rings. The highest BCUT2D eigenvalue weighted by Gasteiger charge is 2.14. The maximum absolute atomic E-state index is 13.9. The summed E-state index contributed by atoms with van der Waals surface area (Å²) in [6, 6.07) is 10.6. The Labute approximate surface area is 144 Å². The number of anilines is 2. The monoisotopic (exact) mass is 349 g/mol. The van der Waals surface area contributed by atoms with Crippen molar-refractivity contribution in [1.29, 1.82) is 0 Å². The first-order chi connectivity index (χ1) is 11.4. The van der Waals surface area contributed by atoms with Crippen LogP contribution in [0.2, 0.25) is 5.02 Å². The number of benzene rings is 2. The molecule has 0 saturated carbocycles. The smallest absolute Gasteiger partial charge is 0.321 e. The number of urea groups is 1. The summed E-state index contributed by atoms with van der Waals surface area (Å²) in [5.41, 5.74) is 1.16. The molecule has 2 rings (SSSR count). The highest BCUT2D eigenvalue weighted by molar-refractivity contribution is 6.31. The van der Waals surface area contributed by atoms with Crippen molar-refractivity contribution in [2.45, 2.75) is 13.5 Å². The van der Waals surface area contributed by atoms with E-state index in [4.69, 9.17) is 11.6 Å². The molecule has 0 bridgehead atoms. The van der Waals surface area contributed by atoms with Crippen molar-refractivity contribution in [2.75, 3.05) is 17.7 Å². The van der Waals surface area contributed by atoms with Crippen LogP contribution in [0.25, 0.3) is 0 Å². The Morgan fingerprint density at radius 2 is 1.88 bits per heavy atom. The minimum Gasteiger partial charge on any atom is -0.326 e. The summed E-state index contributed by atoms with van der Waals surface area (Å²) in [5, 5.41) is 5.57. The molecule has 0 radical (unpaired) electrons. The lowest BCUT2D eigenvalue weighted by atomic mass is 10.2. The zero-order valence-electron chi connectivity index (χ0n) is 13.3. The number of hydrogen-bond donors (Lipinski definition) is 2. The van der Waals surface area contributed by atoms with Crippen LogP contribution in [-0.2, 0) is 11.3 Å². The van der Waals surface area contributed by atoms with Crippen LogP contribution >= 0.6 is 11.6 Å². The summed E-state index contributed by atoms with van der Waals surface area (Å²) >= 11 is 6.07. The Hall–Kier alpha value is -2.60. The first-order valence-corrected chi connectivity index (χ1v) is 7.57. The van der Waals surface area contributed by atoms with Crippen LogP contribution in [0.3, 0.4) is 0 Å². The van der Waals surface area contributed by atoms with E-state index < -0.39 is 11.8 Å². The first-order valence-electron chi connectivity index (χ1n) is 7.19. The zero-order chi connectivity index (χ0) is 17.7. The standard InChI is InChI=1S/C17H17ClFN3O2/c1-11(23)20-13-7-8-15(19)16(9-13)21-17(24)22(2)10-12-5-3-4-6-14(12)18/h3-9H,10H2,1-2H3,(H,20,23)(H,21,24). The van der Waals surface area contributed by atoms with Gasteiger partial charge in [0.2, 0.25) is 5.91 Å². The Balaban J connectivity index is 2.08. The SMILES string of the molecule is CC(=O)Nc1ccc(F)c(NC(=O)N(C)Cc2ccccc2Cl)c1. The fourth-order valence-corrected chi connectivity index (χ4v) is 2.26. The number of halogens is 2. The Bertz CT molecular complexity index is 767. The van der Waals surface area contributed by atoms with Crippen molar-refractivity contribution in [3.8, 4) is 0 Å². The van der Waals surface area contributed by atoms with Crippen LogP contribution < -0.4 is 10.6 Å². The molecule has 5 nitrogen and oxygen atoms in total. The molecule has 0 aromatic heterocycles. The van der Waals surface area contributed by atoms with Crippen LogP contribution in [0.15, 0.2) is 42.5 Å². The molecule has 0 aliphatic carbocycles. The van der Waals surface area contributed by atoms with E-state index in [0.717, 1.165) is 5.56 Å². The molecule has 0 fully saturated rings. The molecule has 0 heterocycles. The summed E-state index contributed by atoms with van der Waals surface area (Å²) in [4.78, 5) is 24.7. The van der Waals surface area contributed by atoms with Gasteiger partial charge < -0.3 is 15.5 Å². The Kier molecular flexibility index (Phi) is 5.76. The van der Waals surface area contributed by atoms with Gasteiger partial charge in [0.1, 0.15) is 5.82 Å². The average molecular weight is 350 g/mol. The lowest BCUT2D eigenvalue weighted by molar-refractivity contribution is -0.114. The van der Waals surface area contributed by atoms with Gasteiger partial charge in [-0.05, 0) is 29.8 Å². The number of nitrogens with one attached hydrogen (secondary N) is 2. The molecule has 3 amide bonds. The minimum atomic E-state index is -0.594. The van der Waals surface area contributed by atoms with Gasteiger partial charge in [-0.1, -0.05) is 29.8 Å². The number of carbonyl (C=O) groups excluding carboxylic acids is 2. The van der Waals surface area contributed by atoms with Gasteiger partial charge in [-0.25, -0.2) is 9.18 Å². The maximum atomic E-state index is 13.9. The molecule has 126 valence electrons. The summed E-state index contributed by atoms with van der Waals surface area (Å²) in [6.45, 7) is 1.62. The number of rotatable bonds is 4. The number of amides is 3. The predicted molar refractivity (Wildman–Crippen MR) is 92.6 cm³/mol. The van der Waals surface area contributed by atoms with E-state index in [0.29, 0.717) is 10.7 Å². The first kappa shape index (κ1) is 17.7. The Morgan fingerprint density at radius 1 is 1.17 bits per heavy atom. The molecule has 0 aliphatic heterocycles. The van der Waals surface area contributed by atoms with Gasteiger partial charge in [-0.3, -0.25) is 4.79 Å². The molecule has 2 aromatic rings. The summed E-state index contributed by atoms with van der Waals surface area (Å²) in [5.74, 6) is -0.877. The van der Waals surface area contributed by atoms with Crippen LogP contribution in [0.4, 0.5) is 20.6 Å². The highest BCUT2D eigenvalue weighted by atomic mass is 35.5. The number of nitrogens with zero attached hydrogens (tertiary/aromatic N) is 1. The van der Waals surface area contributed by atoms with Gasteiger partial charge in [-0.15, -0.1) is 0 Å². The van der Waals surface area contributed by atoms with Crippen LogP contribution in [0, 0.1) is 5.82 Å². The fourth-order valence-electron chi connectivity index (χ4n) is 2.07. The Morgan fingerprint density at radius 3 is 2.54 bits per heavy atom. The third kappa shape index (κ3) is 4.70. The molecular formula is C17H17ClFN3O2. The second-order valence-corrected chi connectivity index (χ2v) is 5.66. The van der Waals surface area contributed by atoms with Gasteiger partial charge in [0.05, 0.1) is 5.69 Å². The lowest BCUT2D eigenvalue weighted by Crippen LogP contribution is -2.31. The van der Waals surface area contributed by atoms with Crippen molar-refractivity contribution in [2.24, 2.45) is 0 Å². The minimum absolute atomic E-state index is 0.0164. The van der Waals surface area contributed by atoms with E-state index in [9.17, 15) is 14.0 Å². The molecule has 24 heavy (non-hydrogen) atoms. The van der Waals surface area contributed by atoms with Crippen molar-refractivity contribution in [3.63, 3.8) is 0 Å². The van der Waals surface area contributed by atoms with E-state index in [1.807, 2.05) is 12.1 Å². The molecular weight excluding hydrogens is 333 g/mol. The molecule has 7 heteroatoms. The van der Waals surface area contributed by atoms with Crippen LogP contribution in [-0.4, -0.2) is 23.9 Å². The van der Waals surface area contributed by atoms with Gasteiger partial charge in [-0.2, -0.15) is 0 Å². The van der Waals surface area contributed by atoms with Crippen molar-refractivity contribution in [3.05, 3.63) is 58.9 Å². The van der Waals surface area contributed by atoms with Gasteiger partial charge in [0.25, 0.3) is 0 Å². The molecule has 0 unspecified atom stereocenters. The molecule has 2 aromatic carbocycles. The molecule has 0 atom stereocenters. The largest absolute Gasteiger partial charge is 0.326 e. The van der Waals surface area contributed by atoms with E-state index in [1.54, 1.807) is 19.2 Å². The van der Waals surface area contributed by atoms with Gasteiger partial charge in [0.15, 0.2) is 0 Å². The summed E-state index contributed by atoms with van der Waals surface area (Å²) < 4.78 is 13.9. The third-order valence-corrected chi connectivity index (χ3v) is 3.61. The fraction of sp³-hybridized carbons (Fsp3) is 0.176. The van der Waals surface area contributed by atoms with Gasteiger partial charge >= 0.3 is 6.03 Å². The van der Waals surface area contributed by atoms with Crippen LogP contribution in [0.5, 0.6) is 0 Å². The van der Waals surface area contributed by atoms with Crippen molar-refractivity contribution < 1.29 is 14.0 Å².